The van der Waals surface area contributed by atoms with Crippen molar-refractivity contribution >= 4 is 15.7 Å². The van der Waals surface area contributed by atoms with Crippen LogP contribution in [-0.2, 0) is 10.0 Å². The Morgan fingerprint density at radius 3 is 2.54 bits per heavy atom. The Bertz CT molecular complexity index is 834. The van der Waals surface area contributed by atoms with Gasteiger partial charge in [0.15, 0.2) is 0 Å². The number of fused-ring (bicyclic) bond motifs is 1. The van der Waals surface area contributed by atoms with E-state index >= 15 is 0 Å². The number of hydrogen-bond acceptors (Lipinski definition) is 3. The number of sulfonamides is 1. The molecule has 0 N–H and O–H groups in total. The zero-order valence-corrected chi connectivity index (χ0v) is 14.5. The maximum Gasteiger partial charge on any atom is 0.264 e. The Morgan fingerprint density at radius 2 is 1.92 bits per heavy atom. The van der Waals surface area contributed by atoms with Gasteiger partial charge < -0.3 is 4.74 Å². The van der Waals surface area contributed by atoms with Crippen molar-refractivity contribution in [3.63, 3.8) is 0 Å². The fourth-order valence-corrected chi connectivity index (χ4v) is 4.70. The molecule has 0 radical (unpaired) electrons. The van der Waals surface area contributed by atoms with E-state index in [-0.39, 0.29) is 10.8 Å². The minimum absolute atomic E-state index is 0.0998. The average Bonchev–Trinajstić information content (AvgIpc) is 2.94. The van der Waals surface area contributed by atoms with Gasteiger partial charge in [-0.2, -0.15) is 0 Å². The zero-order valence-electron chi connectivity index (χ0n) is 13.7. The molecule has 2 aromatic rings. The van der Waals surface area contributed by atoms with Crippen LogP contribution < -0.4 is 9.04 Å². The van der Waals surface area contributed by atoms with Crippen LogP contribution in [0.5, 0.6) is 5.75 Å². The van der Waals surface area contributed by atoms with Gasteiger partial charge in [-0.3, -0.25) is 4.31 Å². The molecule has 128 valence electrons. The van der Waals surface area contributed by atoms with Crippen molar-refractivity contribution in [1.82, 2.24) is 0 Å². The molecule has 1 heterocycles. The second kappa shape index (κ2) is 6.43. The van der Waals surface area contributed by atoms with Crippen molar-refractivity contribution in [1.29, 1.82) is 0 Å². The van der Waals surface area contributed by atoms with Gasteiger partial charge >= 0.3 is 0 Å². The zero-order chi connectivity index (χ0) is 17.3. The van der Waals surface area contributed by atoms with E-state index in [9.17, 15) is 12.8 Å². The van der Waals surface area contributed by atoms with Crippen molar-refractivity contribution in [3.05, 3.63) is 53.8 Å². The van der Waals surface area contributed by atoms with Crippen molar-refractivity contribution in [2.75, 3.05) is 18.0 Å². The van der Waals surface area contributed by atoms with Gasteiger partial charge in [-0.05, 0) is 54.4 Å². The molecule has 1 aliphatic rings. The third-order valence-electron chi connectivity index (χ3n) is 4.37. The summed E-state index contributed by atoms with van der Waals surface area (Å²) in [5, 5.41) is 0. The molecular weight excluding hydrogens is 329 g/mol. The summed E-state index contributed by atoms with van der Waals surface area (Å²) in [5.74, 6) is 0.399. The smallest absolute Gasteiger partial charge is 0.264 e. The first-order valence-electron chi connectivity index (χ1n) is 7.93. The van der Waals surface area contributed by atoms with Gasteiger partial charge in [-0.1, -0.05) is 13.3 Å². The molecule has 1 atom stereocenters. The van der Waals surface area contributed by atoms with E-state index in [1.807, 2.05) is 6.07 Å². The van der Waals surface area contributed by atoms with Crippen molar-refractivity contribution in [3.8, 4) is 5.75 Å². The lowest BCUT2D eigenvalue weighted by Crippen LogP contribution is -2.30. The number of ether oxygens (including phenoxy) is 1. The van der Waals surface area contributed by atoms with Crippen molar-refractivity contribution < 1.29 is 17.5 Å². The Kier molecular flexibility index (Phi) is 4.49. The van der Waals surface area contributed by atoms with Crippen molar-refractivity contribution in [2.24, 2.45) is 0 Å². The molecule has 0 saturated carbocycles. The summed E-state index contributed by atoms with van der Waals surface area (Å²) < 4.78 is 45.8. The molecule has 0 spiro atoms. The Morgan fingerprint density at radius 1 is 1.21 bits per heavy atom. The molecule has 2 aromatic carbocycles. The van der Waals surface area contributed by atoms with Crippen molar-refractivity contribution in [2.45, 2.75) is 30.6 Å². The van der Waals surface area contributed by atoms with Crippen LogP contribution in [0.3, 0.4) is 0 Å². The minimum atomic E-state index is -3.71. The van der Waals surface area contributed by atoms with Gasteiger partial charge in [0.1, 0.15) is 11.6 Å². The fourth-order valence-electron chi connectivity index (χ4n) is 3.17. The normalized spacial score (nSPS) is 17.0. The van der Waals surface area contributed by atoms with Crippen LogP contribution in [0.15, 0.2) is 47.4 Å². The van der Waals surface area contributed by atoms with Crippen LogP contribution in [0.1, 0.15) is 31.2 Å². The van der Waals surface area contributed by atoms with Crippen LogP contribution in [0.25, 0.3) is 0 Å². The lowest BCUT2D eigenvalue weighted by atomic mass is 9.96. The third kappa shape index (κ3) is 2.86. The van der Waals surface area contributed by atoms with Crippen LogP contribution in [0, 0.1) is 5.82 Å². The standard InChI is InChI=1S/C18H20FNO3S/c1-3-4-13-12-20(18-10-7-15(23-2)11-17(13)18)24(21,22)16-8-5-14(19)6-9-16/h5-11,13H,3-4,12H2,1-2H3. The molecule has 6 heteroatoms. The number of rotatable bonds is 5. The van der Waals surface area contributed by atoms with E-state index in [2.05, 4.69) is 6.92 Å². The number of anilines is 1. The molecule has 0 saturated heterocycles. The topological polar surface area (TPSA) is 46.6 Å². The molecule has 0 aromatic heterocycles. The fraction of sp³-hybridized carbons (Fsp3) is 0.333. The molecule has 1 unspecified atom stereocenters. The Labute approximate surface area is 141 Å². The van der Waals surface area contributed by atoms with Gasteiger partial charge in [0.05, 0.1) is 17.7 Å². The maximum absolute atomic E-state index is 13.1. The number of nitrogens with zero attached hydrogens (tertiary/aromatic N) is 1. The number of halogens is 1. The molecule has 1 aliphatic heterocycles. The van der Waals surface area contributed by atoms with E-state index in [4.69, 9.17) is 4.74 Å². The highest BCUT2D eigenvalue weighted by atomic mass is 32.2. The highest BCUT2D eigenvalue weighted by molar-refractivity contribution is 7.92. The largest absolute Gasteiger partial charge is 0.497 e. The predicted octanol–water partition coefficient (Wildman–Crippen LogP) is 3.93. The summed E-state index contributed by atoms with van der Waals surface area (Å²) in [6.07, 6.45) is 1.86. The van der Waals surface area contributed by atoms with Gasteiger partial charge in [0.25, 0.3) is 10.0 Å². The van der Waals surface area contributed by atoms with E-state index in [1.165, 1.54) is 28.6 Å². The van der Waals surface area contributed by atoms with Crippen LogP contribution in [-0.4, -0.2) is 22.1 Å². The molecule has 3 rings (SSSR count). The Hall–Kier alpha value is -2.08. The first-order valence-corrected chi connectivity index (χ1v) is 9.37. The highest BCUT2D eigenvalue weighted by Crippen LogP contribution is 2.43. The van der Waals surface area contributed by atoms with Crippen LogP contribution >= 0.6 is 0 Å². The second-order valence-corrected chi connectivity index (χ2v) is 7.76. The van der Waals surface area contributed by atoms with E-state index in [1.54, 1.807) is 19.2 Å². The molecule has 0 fully saturated rings. The quantitative estimate of drug-likeness (QED) is 0.822. The Balaban J connectivity index is 2.05. The maximum atomic E-state index is 13.1. The first kappa shape index (κ1) is 16.8. The van der Waals surface area contributed by atoms with Crippen LogP contribution in [0.4, 0.5) is 10.1 Å². The van der Waals surface area contributed by atoms with E-state index in [0.717, 1.165) is 24.2 Å². The summed E-state index contributed by atoms with van der Waals surface area (Å²) in [6.45, 7) is 2.48. The highest BCUT2D eigenvalue weighted by Gasteiger charge is 2.36. The lowest BCUT2D eigenvalue weighted by Gasteiger charge is -2.20. The van der Waals surface area contributed by atoms with E-state index in [0.29, 0.717) is 12.2 Å². The van der Waals surface area contributed by atoms with Crippen LogP contribution in [0.2, 0.25) is 0 Å². The summed E-state index contributed by atoms with van der Waals surface area (Å²) in [7, 11) is -2.12. The number of benzene rings is 2. The van der Waals surface area contributed by atoms with Gasteiger partial charge in [0, 0.05) is 12.5 Å². The second-order valence-electron chi connectivity index (χ2n) is 5.90. The molecule has 0 aliphatic carbocycles. The number of methoxy groups -OCH3 is 1. The predicted molar refractivity (Wildman–Crippen MR) is 91.6 cm³/mol. The minimum Gasteiger partial charge on any atom is -0.497 e. The molecular formula is C18H20FNO3S. The molecule has 0 amide bonds. The third-order valence-corrected chi connectivity index (χ3v) is 6.16. The monoisotopic (exact) mass is 349 g/mol. The van der Waals surface area contributed by atoms with Gasteiger partial charge in [0.2, 0.25) is 0 Å². The summed E-state index contributed by atoms with van der Waals surface area (Å²) in [5.41, 5.74) is 1.67. The average molecular weight is 349 g/mol. The lowest BCUT2D eigenvalue weighted by molar-refractivity contribution is 0.414. The van der Waals surface area contributed by atoms with Gasteiger partial charge in [-0.25, -0.2) is 12.8 Å². The molecule has 0 bridgehead atoms. The number of hydrogen-bond donors (Lipinski definition) is 0. The summed E-state index contributed by atoms with van der Waals surface area (Å²) in [4.78, 5) is 0.0998. The SMILES string of the molecule is CCCC1CN(S(=O)(=O)c2ccc(F)cc2)c2ccc(OC)cc21. The van der Waals surface area contributed by atoms with Gasteiger partial charge in [-0.15, -0.1) is 0 Å². The first-order chi connectivity index (χ1) is 11.5. The molecule has 24 heavy (non-hydrogen) atoms. The van der Waals surface area contributed by atoms with E-state index < -0.39 is 15.8 Å². The summed E-state index contributed by atoms with van der Waals surface area (Å²) >= 11 is 0. The summed E-state index contributed by atoms with van der Waals surface area (Å²) in [6, 6.07) is 10.4. The molecule has 4 nitrogen and oxygen atoms in total.